The van der Waals surface area contributed by atoms with Crippen molar-refractivity contribution in [1.29, 1.82) is 0 Å². The third kappa shape index (κ3) is 2.97. The minimum absolute atomic E-state index is 0.507. The highest BCUT2D eigenvalue weighted by Gasteiger charge is 2.22. The summed E-state index contributed by atoms with van der Waals surface area (Å²) >= 11 is 6.29. The Labute approximate surface area is 113 Å². The molecule has 2 rings (SSSR count). The third-order valence-electron chi connectivity index (χ3n) is 3.64. The molecule has 1 aliphatic carbocycles. The Balaban J connectivity index is 2.30. The molecule has 0 aromatic heterocycles. The lowest BCUT2D eigenvalue weighted by Crippen LogP contribution is -2.05. The summed E-state index contributed by atoms with van der Waals surface area (Å²) in [6.45, 7) is 0.507. The van der Waals surface area contributed by atoms with E-state index in [9.17, 15) is 0 Å². The quantitative estimate of drug-likeness (QED) is 0.833. The second-order valence-electron chi connectivity index (χ2n) is 4.80. The van der Waals surface area contributed by atoms with Crippen molar-refractivity contribution in [1.82, 2.24) is 0 Å². The number of rotatable bonds is 5. The summed E-state index contributed by atoms with van der Waals surface area (Å²) in [5.41, 5.74) is 2.41. The van der Waals surface area contributed by atoms with E-state index in [-0.39, 0.29) is 0 Å². The Morgan fingerprint density at radius 2 is 2.06 bits per heavy atom. The summed E-state index contributed by atoms with van der Waals surface area (Å²) in [6.07, 6.45) is 5.82. The molecule has 1 aromatic rings. The van der Waals surface area contributed by atoms with Gasteiger partial charge in [0.1, 0.15) is 5.75 Å². The zero-order valence-corrected chi connectivity index (χ0v) is 11.5. The van der Waals surface area contributed by atoms with Crippen LogP contribution < -0.4 is 10.6 Å². The molecule has 3 nitrogen and oxygen atoms in total. The largest absolute Gasteiger partial charge is 0.495 e. The molecule has 0 aliphatic heterocycles. The monoisotopic (exact) mass is 269 g/mol. The number of ether oxygens (including phenoxy) is 1. The molecular weight excluding hydrogens is 250 g/mol. The zero-order valence-electron chi connectivity index (χ0n) is 10.7. The summed E-state index contributed by atoms with van der Waals surface area (Å²) in [4.78, 5) is 4.63. The molecule has 0 atom stereocenters. The average molecular weight is 270 g/mol. The summed E-state index contributed by atoms with van der Waals surface area (Å²) in [5.74, 6) is 6.49. The lowest BCUT2D eigenvalue weighted by molar-refractivity contribution is 0.141. The number of methoxy groups -OCH3 is 1. The van der Waals surface area contributed by atoms with Gasteiger partial charge in [0, 0.05) is 0 Å². The van der Waals surface area contributed by atoms with Crippen molar-refractivity contribution in [3.05, 3.63) is 28.3 Å². The Kier molecular flexibility index (Phi) is 4.87. The predicted molar refractivity (Wildman–Crippen MR) is 73.1 cm³/mol. The van der Waals surface area contributed by atoms with Crippen LogP contribution in [0.5, 0.6) is 5.75 Å². The van der Waals surface area contributed by atoms with Crippen molar-refractivity contribution in [2.75, 3.05) is 13.7 Å². The first-order valence-corrected chi connectivity index (χ1v) is 6.82. The fraction of sp³-hybridized carbons (Fsp3) is 0.571. The van der Waals surface area contributed by atoms with E-state index in [2.05, 4.69) is 10.9 Å². The van der Waals surface area contributed by atoms with Crippen molar-refractivity contribution in [3.8, 4) is 5.75 Å². The van der Waals surface area contributed by atoms with Crippen molar-refractivity contribution in [2.45, 2.75) is 38.0 Å². The first-order chi connectivity index (χ1) is 8.76. The van der Waals surface area contributed by atoms with Gasteiger partial charge in [0.05, 0.1) is 18.7 Å². The number of hydrogen-bond donors (Lipinski definition) is 1. The Bertz CT molecular complexity index is 403. The van der Waals surface area contributed by atoms with E-state index in [0.717, 1.165) is 17.7 Å². The number of benzene rings is 1. The molecule has 0 spiro atoms. The van der Waals surface area contributed by atoms with Crippen molar-refractivity contribution < 1.29 is 9.57 Å². The van der Waals surface area contributed by atoms with Crippen LogP contribution in [0.3, 0.4) is 0 Å². The molecule has 2 N–H and O–H groups in total. The molecule has 1 fully saturated rings. The van der Waals surface area contributed by atoms with Gasteiger partial charge < -0.3 is 9.57 Å². The third-order valence-corrected chi connectivity index (χ3v) is 3.92. The van der Waals surface area contributed by atoms with Gasteiger partial charge in [-0.1, -0.05) is 30.5 Å². The van der Waals surface area contributed by atoms with Gasteiger partial charge in [-0.05, 0) is 42.4 Å². The van der Waals surface area contributed by atoms with Crippen molar-refractivity contribution in [3.63, 3.8) is 0 Å². The molecule has 0 radical (unpaired) electrons. The lowest BCUT2D eigenvalue weighted by Gasteiger charge is -2.17. The Morgan fingerprint density at radius 1 is 1.33 bits per heavy atom. The highest BCUT2D eigenvalue weighted by atomic mass is 35.5. The van der Waals surface area contributed by atoms with Crippen LogP contribution in [0.25, 0.3) is 0 Å². The van der Waals surface area contributed by atoms with Gasteiger partial charge in [-0.25, -0.2) is 5.90 Å². The summed E-state index contributed by atoms with van der Waals surface area (Å²) in [7, 11) is 1.68. The molecular formula is C14H20ClNO2. The second kappa shape index (κ2) is 6.41. The molecule has 18 heavy (non-hydrogen) atoms. The van der Waals surface area contributed by atoms with E-state index in [1.54, 1.807) is 7.11 Å². The summed E-state index contributed by atoms with van der Waals surface area (Å²) < 4.78 is 5.46. The highest BCUT2D eigenvalue weighted by molar-refractivity contribution is 6.32. The fourth-order valence-corrected chi connectivity index (χ4v) is 3.08. The van der Waals surface area contributed by atoms with E-state index >= 15 is 0 Å². The second-order valence-corrected chi connectivity index (χ2v) is 5.21. The first kappa shape index (κ1) is 13.7. The van der Waals surface area contributed by atoms with Gasteiger partial charge in [0.2, 0.25) is 0 Å². The average Bonchev–Trinajstić information content (AvgIpc) is 2.89. The molecule has 0 saturated heterocycles. The lowest BCUT2D eigenvalue weighted by atomic mass is 9.94. The molecule has 0 amide bonds. The first-order valence-electron chi connectivity index (χ1n) is 6.44. The molecule has 0 bridgehead atoms. The molecule has 0 unspecified atom stereocenters. The SMILES string of the molecule is COc1c(Cl)cc(CCON)cc1C1CCCC1. The van der Waals surface area contributed by atoms with Crippen LogP contribution in [0.2, 0.25) is 5.02 Å². The Hall–Kier alpha value is -0.770. The van der Waals surface area contributed by atoms with Crippen LogP contribution in [-0.2, 0) is 11.3 Å². The van der Waals surface area contributed by atoms with Crippen LogP contribution in [-0.4, -0.2) is 13.7 Å². The maximum atomic E-state index is 6.29. The van der Waals surface area contributed by atoms with Gasteiger partial charge in [-0.3, -0.25) is 0 Å². The topological polar surface area (TPSA) is 44.5 Å². The van der Waals surface area contributed by atoms with Crippen molar-refractivity contribution >= 4 is 11.6 Å². The molecule has 100 valence electrons. The molecule has 0 heterocycles. The standard InChI is InChI=1S/C14H20ClNO2/c1-17-14-12(11-4-2-3-5-11)8-10(6-7-18-16)9-13(14)15/h8-9,11H,2-7,16H2,1H3. The minimum Gasteiger partial charge on any atom is -0.495 e. The van der Waals surface area contributed by atoms with Gasteiger partial charge in [-0.2, -0.15) is 0 Å². The van der Waals surface area contributed by atoms with Gasteiger partial charge in [-0.15, -0.1) is 0 Å². The van der Waals surface area contributed by atoms with Crippen LogP contribution >= 0.6 is 11.6 Å². The van der Waals surface area contributed by atoms with Crippen molar-refractivity contribution in [2.24, 2.45) is 5.90 Å². The van der Waals surface area contributed by atoms with Crippen LogP contribution in [0, 0.1) is 0 Å². The maximum absolute atomic E-state index is 6.29. The normalized spacial score (nSPS) is 16.2. The van der Waals surface area contributed by atoms with Crippen LogP contribution in [0.15, 0.2) is 12.1 Å². The van der Waals surface area contributed by atoms with Crippen LogP contribution in [0.4, 0.5) is 0 Å². The van der Waals surface area contributed by atoms with E-state index in [1.807, 2.05) is 6.07 Å². The molecule has 1 aliphatic rings. The number of halogens is 1. The number of nitrogens with two attached hydrogens (primary N) is 1. The predicted octanol–water partition coefficient (Wildman–Crippen LogP) is 3.44. The van der Waals surface area contributed by atoms with E-state index in [4.69, 9.17) is 22.2 Å². The zero-order chi connectivity index (χ0) is 13.0. The van der Waals surface area contributed by atoms with Gasteiger partial charge in [0.15, 0.2) is 0 Å². The van der Waals surface area contributed by atoms with E-state index in [0.29, 0.717) is 17.5 Å². The van der Waals surface area contributed by atoms with E-state index < -0.39 is 0 Å². The Morgan fingerprint density at radius 3 is 2.67 bits per heavy atom. The molecule has 1 aromatic carbocycles. The maximum Gasteiger partial charge on any atom is 0.140 e. The molecule has 4 heteroatoms. The fourth-order valence-electron chi connectivity index (χ4n) is 2.75. The highest BCUT2D eigenvalue weighted by Crippen LogP contribution is 2.42. The minimum atomic E-state index is 0.507. The van der Waals surface area contributed by atoms with Gasteiger partial charge in [0.25, 0.3) is 0 Å². The summed E-state index contributed by atoms with van der Waals surface area (Å²) in [6, 6.07) is 4.14. The smallest absolute Gasteiger partial charge is 0.140 e. The van der Waals surface area contributed by atoms with Gasteiger partial charge >= 0.3 is 0 Å². The summed E-state index contributed by atoms with van der Waals surface area (Å²) in [5, 5.41) is 0.689. The number of hydrogen-bond acceptors (Lipinski definition) is 3. The molecule has 1 saturated carbocycles. The van der Waals surface area contributed by atoms with E-state index in [1.165, 1.54) is 31.2 Å². The van der Waals surface area contributed by atoms with Crippen LogP contribution in [0.1, 0.15) is 42.7 Å².